The molecule has 0 aliphatic carbocycles. The predicted octanol–water partition coefficient (Wildman–Crippen LogP) is 2.32. The van der Waals surface area contributed by atoms with Crippen molar-refractivity contribution in [2.75, 3.05) is 0 Å². The minimum Gasteiger partial charge on any atom is -0.498 e. The summed E-state index contributed by atoms with van der Waals surface area (Å²) in [6, 6.07) is 1.33. The van der Waals surface area contributed by atoms with Crippen LogP contribution >= 0.6 is 0 Å². The first kappa shape index (κ1) is 22.9. The smallest absolute Gasteiger partial charge is 0.274 e. The number of carbonyl (C=O) groups is 1. The van der Waals surface area contributed by atoms with Gasteiger partial charge in [-0.25, -0.2) is 4.68 Å². The number of hydrogen-bond acceptors (Lipinski definition) is 5. The highest BCUT2D eigenvalue weighted by Gasteiger charge is 2.21. The molecule has 1 heterocycles. The molecule has 0 saturated heterocycles. The van der Waals surface area contributed by atoms with Crippen LogP contribution in [0.25, 0.3) is 5.57 Å². The van der Waals surface area contributed by atoms with Crippen LogP contribution in [0.15, 0.2) is 17.1 Å². The number of aliphatic hydroxyl groups excluding tert-OH is 1. The van der Waals surface area contributed by atoms with Crippen LogP contribution in [0.4, 0.5) is 0 Å². The summed E-state index contributed by atoms with van der Waals surface area (Å²) in [7, 11) is 0. The summed E-state index contributed by atoms with van der Waals surface area (Å²) >= 11 is 0. The molecule has 0 bridgehead atoms. The van der Waals surface area contributed by atoms with Gasteiger partial charge in [0.1, 0.15) is 0 Å². The molecule has 0 saturated carbocycles. The fourth-order valence-electron chi connectivity index (χ4n) is 2.34. The molecule has 0 aromatic carbocycles. The lowest BCUT2D eigenvalue weighted by Crippen LogP contribution is -2.45. The van der Waals surface area contributed by atoms with E-state index < -0.39 is 0 Å². The number of aromatic nitrogens is 2. The summed E-state index contributed by atoms with van der Waals surface area (Å²) in [5.74, 6) is -0.0983. The highest BCUT2D eigenvalue weighted by molar-refractivity contribution is 5.78. The number of nitrogens with one attached hydrogen (secondary N) is 1. The second-order valence-electron chi connectivity index (χ2n) is 7.69. The molecule has 0 spiro atoms. The van der Waals surface area contributed by atoms with Crippen molar-refractivity contribution in [3.8, 4) is 0 Å². The highest BCUT2D eigenvalue weighted by Crippen LogP contribution is 2.12. The van der Waals surface area contributed by atoms with Crippen LogP contribution in [-0.4, -0.2) is 32.9 Å². The normalized spacial score (nSPS) is 13.4. The van der Waals surface area contributed by atoms with Crippen LogP contribution < -0.4 is 10.9 Å². The summed E-state index contributed by atoms with van der Waals surface area (Å²) in [6.07, 6.45) is 1.55. The quantitative estimate of drug-likeness (QED) is 0.642. The molecule has 7 nitrogen and oxygen atoms in total. The predicted molar refractivity (Wildman–Crippen MR) is 106 cm³/mol. The maximum atomic E-state index is 12.9. The maximum Gasteiger partial charge on any atom is 0.274 e. The summed E-state index contributed by atoms with van der Waals surface area (Å²) in [6.45, 7) is 13.1. The molecule has 27 heavy (non-hydrogen) atoms. The van der Waals surface area contributed by atoms with Gasteiger partial charge < -0.3 is 15.2 Å². The summed E-state index contributed by atoms with van der Waals surface area (Å²) in [4.78, 5) is 25.0. The average Bonchev–Trinajstić information content (AvgIpc) is 2.60. The zero-order chi connectivity index (χ0) is 20.7. The molecule has 1 aromatic rings. The topological polar surface area (TPSA) is 93.4 Å². The van der Waals surface area contributed by atoms with Gasteiger partial charge in [0.25, 0.3) is 5.56 Å². The van der Waals surface area contributed by atoms with E-state index in [9.17, 15) is 14.7 Å². The van der Waals surface area contributed by atoms with E-state index in [1.165, 1.54) is 4.68 Å². The number of carbonyl (C=O) groups excluding carboxylic acids is 1. The van der Waals surface area contributed by atoms with E-state index in [4.69, 9.17) is 4.74 Å². The van der Waals surface area contributed by atoms with Gasteiger partial charge in [-0.1, -0.05) is 27.7 Å². The lowest BCUT2D eigenvalue weighted by atomic mass is 10.0. The standard InChI is InChI=1S/C20H33N3O4/c1-12(2)18(21-19(25)13(3)4)9-23-20(26)17(8-16(10-24)22-23)15(7)11-27-14(5)6/h8,11-14,18,24H,9-10H2,1-7H3,(H,21,25)/b15-11+/t18-/m1/s1. The minimum atomic E-state index is -0.281. The Labute approximate surface area is 161 Å². The highest BCUT2D eigenvalue weighted by atomic mass is 16.5. The van der Waals surface area contributed by atoms with Crippen LogP contribution in [0.2, 0.25) is 0 Å². The summed E-state index contributed by atoms with van der Waals surface area (Å²) in [5, 5.41) is 16.8. The Morgan fingerprint density at radius 3 is 2.41 bits per heavy atom. The first-order valence-electron chi connectivity index (χ1n) is 9.41. The van der Waals surface area contributed by atoms with E-state index in [0.717, 1.165) is 0 Å². The lowest BCUT2D eigenvalue weighted by Gasteiger charge is -2.24. The molecule has 1 atom stereocenters. The fourth-order valence-corrected chi connectivity index (χ4v) is 2.34. The molecule has 0 aliphatic heterocycles. The van der Waals surface area contributed by atoms with Crippen molar-refractivity contribution < 1.29 is 14.6 Å². The van der Waals surface area contributed by atoms with Crippen LogP contribution in [0.5, 0.6) is 0 Å². The Morgan fingerprint density at radius 2 is 1.93 bits per heavy atom. The SMILES string of the molecule is C/C(=C\OC(C)C)c1cc(CO)nn(C[C@@H](NC(=O)C(C)C)C(C)C)c1=O. The average molecular weight is 380 g/mol. The molecule has 7 heteroatoms. The van der Waals surface area contributed by atoms with E-state index in [-0.39, 0.29) is 48.6 Å². The van der Waals surface area contributed by atoms with E-state index in [1.807, 2.05) is 41.5 Å². The minimum absolute atomic E-state index is 0.00195. The van der Waals surface area contributed by atoms with Gasteiger partial charge in [-0.15, -0.1) is 0 Å². The molecular formula is C20H33N3O4. The number of ether oxygens (including phenoxy) is 1. The van der Waals surface area contributed by atoms with Gasteiger partial charge in [-0.2, -0.15) is 5.10 Å². The first-order valence-corrected chi connectivity index (χ1v) is 9.41. The Hall–Kier alpha value is -2.15. The van der Waals surface area contributed by atoms with Gasteiger partial charge in [0.2, 0.25) is 5.91 Å². The van der Waals surface area contributed by atoms with Crippen LogP contribution in [0.1, 0.15) is 59.7 Å². The van der Waals surface area contributed by atoms with Crippen molar-refractivity contribution in [1.82, 2.24) is 15.1 Å². The molecule has 0 aliphatic rings. The molecule has 1 amide bonds. The van der Waals surface area contributed by atoms with Crippen LogP contribution in [-0.2, 0) is 22.7 Å². The molecule has 152 valence electrons. The number of hydrogen-bond donors (Lipinski definition) is 2. The van der Waals surface area contributed by atoms with E-state index in [0.29, 0.717) is 16.8 Å². The second kappa shape index (κ2) is 10.3. The van der Waals surface area contributed by atoms with Gasteiger partial charge in [0, 0.05) is 11.5 Å². The third-order valence-electron chi connectivity index (χ3n) is 4.16. The van der Waals surface area contributed by atoms with E-state index >= 15 is 0 Å². The molecule has 2 N–H and O–H groups in total. The Bertz CT molecular complexity index is 720. The number of nitrogens with zero attached hydrogens (tertiary/aromatic N) is 2. The Kier molecular flexibility index (Phi) is 8.69. The first-order chi connectivity index (χ1) is 12.6. The van der Waals surface area contributed by atoms with Crippen molar-refractivity contribution in [2.24, 2.45) is 11.8 Å². The third kappa shape index (κ3) is 6.82. The zero-order valence-electron chi connectivity index (χ0n) is 17.4. The number of rotatable bonds is 9. The molecule has 0 radical (unpaired) electrons. The van der Waals surface area contributed by atoms with Crippen molar-refractivity contribution >= 4 is 11.5 Å². The monoisotopic (exact) mass is 379 g/mol. The largest absolute Gasteiger partial charge is 0.498 e. The van der Waals surface area contributed by atoms with E-state index in [1.54, 1.807) is 19.3 Å². The Balaban J connectivity index is 3.26. The number of aliphatic hydroxyl groups is 1. The second-order valence-corrected chi connectivity index (χ2v) is 7.69. The molecule has 0 fully saturated rings. The number of allylic oxidation sites excluding steroid dienone is 1. The molecule has 0 unspecified atom stereocenters. The van der Waals surface area contributed by atoms with Gasteiger partial charge >= 0.3 is 0 Å². The maximum absolute atomic E-state index is 12.9. The van der Waals surface area contributed by atoms with Gasteiger partial charge in [0.05, 0.1) is 37.3 Å². The molecule has 1 rings (SSSR count). The van der Waals surface area contributed by atoms with Gasteiger partial charge in [-0.3, -0.25) is 9.59 Å². The summed E-state index contributed by atoms with van der Waals surface area (Å²) in [5.41, 5.74) is 1.19. The van der Waals surface area contributed by atoms with Gasteiger partial charge in [0.15, 0.2) is 0 Å². The van der Waals surface area contributed by atoms with Crippen molar-refractivity contribution in [3.63, 3.8) is 0 Å². The van der Waals surface area contributed by atoms with Crippen molar-refractivity contribution in [2.45, 2.75) is 73.8 Å². The van der Waals surface area contributed by atoms with Crippen molar-refractivity contribution in [1.29, 1.82) is 0 Å². The van der Waals surface area contributed by atoms with Crippen LogP contribution in [0.3, 0.4) is 0 Å². The van der Waals surface area contributed by atoms with Crippen molar-refractivity contribution in [3.05, 3.63) is 33.9 Å². The molecular weight excluding hydrogens is 346 g/mol. The van der Waals surface area contributed by atoms with E-state index in [2.05, 4.69) is 10.4 Å². The zero-order valence-corrected chi connectivity index (χ0v) is 17.4. The third-order valence-corrected chi connectivity index (χ3v) is 4.16. The Morgan fingerprint density at radius 1 is 1.30 bits per heavy atom. The lowest BCUT2D eigenvalue weighted by molar-refractivity contribution is -0.125. The van der Waals surface area contributed by atoms with Gasteiger partial charge in [-0.05, 0) is 38.3 Å². The number of amides is 1. The fraction of sp³-hybridized carbons (Fsp3) is 0.650. The summed E-state index contributed by atoms with van der Waals surface area (Å²) < 4.78 is 6.79. The van der Waals surface area contributed by atoms with Crippen LogP contribution in [0, 0.1) is 11.8 Å². The molecule has 1 aromatic heterocycles.